The predicted octanol–water partition coefficient (Wildman–Crippen LogP) is 3.27. The Kier molecular flexibility index (Phi) is 4.61. The van der Waals surface area contributed by atoms with E-state index in [1.165, 1.54) is 5.56 Å². The average Bonchev–Trinajstić information content (AvgIpc) is 2.68. The molecule has 0 N–H and O–H groups in total. The van der Waals surface area contributed by atoms with Gasteiger partial charge in [0.15, 0.2) is 0 Å². The fourth-order valence-electron chi connectivity index (χ4n) is 1.35. The molecule has 1 heterocycles. The van der Waals surface area contributed by atoms with E-state index in [4.69, 9.17) is 0 Å². The van der Waals surface area contributed by atoms with Crippen LogP contribution in [0.25, 0.3) is 0 Å². The van der Waals surface area contributed by atoms with Crippen LogP contribution < -0.4 is 0 Å². The number of rotatable bonds is 2. The van der Waals surface area contributed by atoms with Gasteiger partial charge in [0, 0.05) is 12.7 Å². The fraction of sp³-hybridized carbons (Fsp3) is 0.308. The molecule has 15 heavy (non-hydrogen) atoms. The zero-order valence-corrected chi connectivity index (χ0v) is 9.64. The molecule has 2 rings (SSSR count). The van der Waals surface area contributed by atoms with Crippen molar-refractivity contribution in [3.05, 3.63) is 54.1 Å². The van der Waals surface area contributed by atoms with E-state index in [2.05, 4.69) is 33.8 Å². The van der Waals surface area contributed by atoms with Crippen molar-refractivity contribution in [1.29, 1.82) is 0 Å². The molecule has 0 aliphatic carbocycles. The van der Waals surface area contributed by atoms with Crippen LogP contribution in [0.4, 0.5) is 0 Å². The topological polar surface area (TPSA) is 17.8 Å². The maximum atomic E-state index is 4.18. The number of imidazole rings is 1. The van der Waals surface area contributed by atoms with Crippen molar-refractivity contribution in [2.24, 2.45) is 0 Å². The van der Waals surface area contributed by atoms with Crippen molar-refractivity contribution in [3.8, 4) is 0 Å². The Labute approximate surface area is 91.6 Å². The summed E-state index contributed by atoms with van der Waals surface area (Å²) in [5.74, 6) is 0. The highest BCUT2D eigenvalue weighted by molar-refractivity contribution is 5.15. The Bertz CT molecular complexity index is 376. The number of hydrogen-bond acceptors (Lipinski definition) is 1. The first-order valence-corrected chi connectivity index (χ1v) is 5.37. The van der Waals surface area contributed by atoms with Crippen molar-refractivity contribution in [2.45, 2.75) is 27.3 Å². The van der Waals surface area contributed by atoms with Crippen LogP contribution in [0.15, 0.2) is 42.9 Å². The smallest absolute Gasteiger partial charge is 0.0952 e. The van der Waals surface area contributed by atoms with Crippen LogP contribution in [0.1, 0.15) is 25.1 Å². The van der Waals surface area contributed by atoms with Crippen molar-refractivity contribution < 1.29 is 0 Å². The second-order valence-corrected chi connectivity index (χ2v) is 3.17. The molecule has 1 aromatic heterocycles. The Morgan fingerprint density at radius 2 is 1.80 bits per heavy atom. The SMILES string of the molecule is CC.Cc1cn(Cc2ccccc2)cn1. The minimum absolute atomic E-state index is 0.904. The van der Waals surface area contributed by atoms with Gasteiger partial charge in [-0.2, -0.15) is 0 Å². The third kappa shape index (κ3) is 3.58. The molecule has 1 aromatic carbocycles. The molecule has 0 aliphatic heterocycles. The van der Waals surface area contributed by atoms with Crippen molar-refractivity contribution in [2.75, 3.05) is 0 Å². The molecule has 0 spiro atoms. The van der Waals surface area contributed by atoms with Crippen molar-refractivity contribution >= 4 is 0 Å². The van der Waals surface area contributed by atoms with E-state index in [0.29, 0.717) is 0 Å². The Morgan fingerprint density at radius 3 is 2.33 bits per heavy atom. The summed E-state index contributed by atoms with van der Waals surface area (Å²) >= 11 is 0. The Balaban J connectivity index is 0.000000531. The average molecular weight is 202 g/mol. The lowest BCUT2D eigenvalue weighted by molar-refractivity contribution is 0.797. The van der Waals surface area contributed by atoms with E-state index in [1.54, 1.807) is 0 Å². The maximum absolute atomic E-state index is 4.18. The molecule has 0 saturated heterocycles. The van der Waals surface area contributed by atoms with E-state index < -0.39 is 0 Å². The van der Waals surface area contributed by atoms with E-state index in [-0.39, 0.29) is 0 Å². The molecule has 2 aromatic rings. The second kappa shape index (κ2) is 6.02. The lowest BCUT2D eigenvalue weighted by Gasteiger charge is -2.00. The van der Waals surface area contributed by atoms with Gasteiger partial charge in [0.05, 0.1) is 12.0 Å². The van der Waals surface area contributed by atoms with Crippen molar-refractivity contribution in [3.63, 3.8) is 0 Å². The van der Waals surface area contributed by atoms with E-state index in [1.807, 2.05) is 39.4 Å². The summed E-state index contributed by atoms with van der Waals surface area (Å²) in [6.07, 6.45) is 3.91. The van der Waals surface area contributed by atoms with Crippen molar-refractivity contribution in [1.82, 2.24) is 9.55 Å². The summed E-state index contributed by atoms with van der Waals surface area (Å²) in [6.45, 7) is 6.91. The Hall–Kier alpha value is -1.57. The van der Waals surface area contributed by atoms with E-state index >= 15 is 0 Å². The first kappa shape index (κ1) is 11.5. The molecule has 0 bridgehead atoms. The van der Waals surface area contributed by atoms with Crippen LogP contribution in [-0.2, 0) is 6.54 Å². The normalized spacial score (nSPS) is 9.27. The monoisotopic (exact) mass is 202 g/mol. The molecule has 0 unspecified atom stereocenters. The molecule has 0 radical (unpaired) electrons. The lowest BCUT2D eigenvalue weighted by Crippen LogP contribution is -1.95. The molecule has 0 saturated carbocycles. The quantitative estimate of drug-likeness (QED) is 0.731. The highest BCUT2D eigenvalue weighted by Gasteiger charge is 1.94. The van der Waals surface area contributed by atoms with Crippen LogP contribution in [0, 0.1) is 6.92 Å². The molecule has 0 fully saturated rings. The van der Waals surface area contributed by atoms with Crippen LogP contribution in [-0.4, -0.2) is 9.55 Å². The number of nitrogens with zero attached hydrogens (tertiary/aromatic N) is 2. The number of hydrogen-bond donors (Lipinski definition) is 0. The van der Waals surface area contributed by atoms with Gasteiger partial charge in [0.2, 0.25) is 0 Å². The first-order chi connectivity index (χ1) is 7.34. The molecule has 0 atom stereocenters. The maximum Gasteiger partial charge on any atom is 0.0952 e. The first-order valence-electron chi connectivity index (χ1n) is 5.37. The van der Waals surface area contributed by atoms with Gasteiger partial charge in [-0.25, -0.2) is 4.98 Å². The van der Waals surface area contributed by atoms with Crippen LogP contribution in [0.2, 0.25) is 0 Å². The summed E-state index contributed by atoms with van der Waals surface area (Å²) in [4.78, 5) is 4.18. The van der Waals surface area contributed by atoms with E-state index in [9.17, 15) is 0 Å². The zero-order valence-electron chi connectivity index (χ0n) is 9.64. The largest absolute Gasteiger partial charge is 0.333 e. The third-order valence-electron chi connectivity index (χ3n) is 1.97. The number of aromatic nitrogens is 2. The predicted molar refractivity (Wildman–Crippen MR) is 63.9 cm³/mol. The second-order valence-electron chi connectivity index (χ2n) is 3.17. The fourth-order valence-corrected chi connectivity index (χ4v) is 1.35. The highest BCUT2D eigenvalue weighted by Crippen LogP contribution is 2.02. The molecule has 2 heteroatoms. The van der Waals surface area contributed by atoms with Gasteiger partial charge in [0.25, 0.3) is 0 Å². The zero-order chi connectivity index (χ0) is 11.1. The van der Waals surface area contributed by atoms with Crippen LogP contribution in [0.3, 0.4) is 0 Å². The van der Waals surface area contributed by atoms with Crippen LogP contribution in [0.5, 0.6) is 0 Å². The minimum Gasteiger partial charge on any atom is -0.333 e. The van der Waals surface area contributed by atoms with Gasteiger partial charge < -0.3 is 4.57 Å². The lowest BCUT2D eigenvalue weighted by atomic mass is 10.2. The molecule has 0 aliphatic rings. The highest BCUT2D eigenvalue weighted by atomic mass is 15.0. The summed E-state index contributed by atoms with van der Waals surface area (Å²) in [6, 6.07) is 10.4. The summed E-state index contributed by atoms with van der Waals surface area (Å²) in [5.41, 5.74) is 2.37. The Morgan fingerprint density at radius 1 is 1.13 bits per heavy atom. The van der Waals surface area contributed by atoms with Crippen LogP contribution >= 0.6 is 0 Å². The van der Waals surface area contributed by atoms with Gasteiger partial charge in [-0.1, -0.05) is 44.2 Å². The third-order valence-corrected chi connectivity index (χ3v) is 1.97. The van der Waals surface area contributed by atoms with Gasteiger partial charge >= 0.3 is 0 Å². The molecule has 0 amide bonds. The minimum atomic E-state index is 0.904. The molecule has 2 nitrogen and oxygen atoms in total. The molecular weight excluding hydrogens is 184 g/mol. The van der Waals surface area contributed by atoms with Gasteiger partial charge in [0.1, 0.15) is 0 Å². The summed E-state index contributed by atoms with van der Waals surface area (Å²) < 4.78 is 2.09. The summed E-state index contributed by atoms with van der Waals surface area (Å²) in [7, 11) is 0. The van der Waals surface area contributed by atoms with Gasteiger partial charge in [-0.05, 0) is 12.5 Å². The standard InChI is InChI=1S/C11H12N2.C2H6/c1-10-7-13(9-12-10)8-11-5-3-2-4-6-11;1-2/h2-7,9H,8H2,1H3;1-2H3. The number of benzene rings is 1. The van der Waals surface area contributed by atoms with Gasteiger partial charge in [-0.15, -0.1) is 0 Å². The number of aryl methyl sites for hydroxylation is 1. The summed E-state index contributed by atoms with van der Waals surface area (Å²) in [5, 5.41) is 0. The van der Waals surface area contributed by atoms with Gasteiger partial charge in [-0.3, -0.25) is 0 Å². The molecule has 80 valence electrons. The molecular formula is C13H18N2. The van der Waals surface area contributed by atoms with E-state index in [0.717, 1.165) is 12.2 Å².